The number of carbonyl (C=O) groups is 1. The molecule has 0 saturated heterocycles. The van der Waals surface area contributed by atoms with Crippen molar-refractivity contribution in [2.75, 3.05) is 0 Å². The smallest absolute Gasteiger partial charge is 0.357 e. The minimum atomic E-state index is -0.570. The molecule has 4 rings (SSSR count). The van der Waals surface area contributed by atoms with Crippen LogP contribution < -0.4 is 0 Å². The summed E-state index contributed by atoms with van der Waals surface area (Å²) in [6.45, 7) is 1.68. The predicted molar refractivity (Wildman–Crippen MR) is 103 cm³/mol. The molecule has 140 valence electrons. The maximum Gasteiger partial charge on any atom is 0.357 e. The Kier molecular flexibility index (Phi) is 5.07. The van der Waals surface area contributed by atoms with Crippen LogP contribution in [0.25, 0.3) is 22.5 Å². The summed E-state index contributed by atoms with van der Waals surface area (Å²) in [5, 5.41) is 13.3. The number of hydrogen-bond acceptors (Lipinski definition) is 8. The lowest BCUT2D eigenvalue weighted by Gasteiger charge is -2.08. The van der Waals surface area contributed by atoms with Crippen LogP contribution in [0.15, 0.2) is 58.5 Å². The summed E-state index contributed by atoms with van der Waals surface area (Å²) in [4.78, 5) is 18.0. The van der Waals surface area contributed by atoms with Crippen LogP contribution in [-0.4, -0.2) is 31.2 Å². The Morgan fingerprint density at radius 2 is 2.11 bits per heavy atom. The minimum Gasteiger partial charge on any atom is -0.454 e. The van der Waals surface area contributed by atoms with E-state index < -0.39 is 5.97 Å². The largest absolute Gasteiger partial charge is 0.454 e. The zero-order chi connectivity index (χ0) is 19.3. The molecule has 0 radical (unpaired) electrons. The highest BCUT2D eigenvalue weighted by atomic mass is 32.1. The number of aromatic nitrogens is 5. The van der Waals surface area contributed by atoms with Gasteiger partial charge >= 0.3 is 5.97 Å². The molecule has 0 spiro atoms. The van der Waals surface area contributed by atoms with Gasteiger partial charge in [0.05, 0.1) is 4.88 Å². The van der Waals surface area contributed by atoms with Gasteiger partial charge in [0.1, 0.15) is 18.6 Å². The number of oxazole rings is 1. The maximum absolute atomic E-state index is 12.7. The number of ether oxygens (including phenoxy) is 1. The van der Waals surface area contributed by atoms with Gasteiger partial charge in [-0.15, -0.1) is 16.4 Å². The van der Waals surface area contributed by atoms with Crippen LogP contribution in [-0.2, 0) is 16.1 Å². The molecule has 0 aliphatic heterocycles. The molecule has 0 bridgehead atoms. The fourth-order valence-corrected chi connectivity index (χ4v) is 3.12. The van der Waals surface area contributed by atoms with Gasteiger partial charge in [-0.25, -0.2) is 9.78 Å². The molecule has 0 amide bonds. The van der Waals surface area contributed by atoms with Gasteiger partial charge in [-0.05, 0) is 40.4 Å². The van der Waals surface area contributed by atoms with E-state index in [0.717, 1.165) is 10.4 Å². The normalized spacial score (nSPS) is 11.5. The van der Waals surface area contributed by atoms with E-state index in [0.29, 0.717) is 17.4 Å². The summed E-state index contributed by atoms with van der Waals surface area (Å²) < 4.78 is 12.2. The second-order valence-electron chi connectivity index (χ2n) is 5.78. The number of carbonyl (C=O) groups excluding carboxylic acids is 1. The van der Waals surface area contributed by atoms with Crippen molar-refractivity contribution in [3.8, 4) is 10.8 Å². The fourth-order valence-electron chi connectivity index (χ4n) is 2.47. The predicted octanol–water partition coefficient (Wildman–Crippen LogP) is 3.44. The number of aryl methyl sites for hydroxylation is 1. The Bertz CT molecular complexity index is 1100. The monoisotopic (exact) mass is 393 g/mol. The molecule has 0 saturated carbocycles. The number of tetrazole rings is 1. The molecule has 3 aromatic heterocycles. The fraction of sp³-hybridized carbons (Fsp3) is 0.105. The molecule has 1 aromatic carbocycles. The summed E-state index contributed by atoms with van der Waals surface area (Å²) in [6.07, 6.45) is 3.15. The van der Waals surface area contributed by atoms with Crippen molar-refractivity contribution in [3.63, 3.8) is 0 Å². The summed E-state index contributed by atoms with van der Waals surface area (Å²) in [5.41, 5.74) is 1.55. The number of benzene rings is 1. The average Bonchev–Trinajstić information content (AvgIpc) is 3.46. The molecule has 0 aliphatic carbocycles. The lowest BCUT2D eigenvalue weighted by molar-refractivity contribution is -0.138. The number of hydrogen-bond donors (Lipinski definition) is 0. The summed E-state index contributed by atoms with van der Waals surface area (Å²) in [5.74, 6) is 0.401. The Hall–Kier alpha value is -3.59. The zero-order valence-electron chi connectivity index (χ0n) is 14.8. The highest BCUT2D eigenvalue weighted by Crippen LogP contribution is 2.24. The molecule has 4 aromatic rings. The van der Waals surface area contributed by atoms with Crippen molar-refractivity contribution in [2.24, 2.45) is 0 Å². The van der Waals surface area contributed by atoms with Crippen molar-refractivity contribution in [1.29, 1.82) is 0 Å². The van der Waals surface area contributed by atoms with Crippen LogP contribution in [0.1, 0.15) is 17.1 Å². The first-order chi connectivity index (χ1) is 13.7. The highest BCUT2D eigenvalue weighted by Gasteiger charge is 2.19. The number of nitrogens with zero attached hydrogens (tertiary/aromatic N) is 5. The second kappa shape index (κ2) is 7.97. The van der Waals surface area contributed by atoms with Crippen LogP contribution >= 0.6 is 11.3 Å². The van der Waals surface area contributed by atoms with Crippen LogP contribution in [0.4, 0.5) is 0 Å². The first kappa shape index (κ1) is 17.8. The van der Waals surface area contributed by atoms with Crippen molar-refractivity contribution in [2.45, 2.75) is 13.5 Å². The van der Waals surface area contributed by atoms with Crippen LogP contribution in [0.5, 0.6) is 0 Å². The van der Waals surface area contributed by atoms with Crippen molar-refractivity contribution in [1.82, 2.24) is 25.2 Å². The quantitative estimate of drug-likeness (QED) is 0.366. The van der Waals surface area contributed by atoms with Gasteiger partial charge in [0.25, 0.3) is 0 Å². The average molecular weight is 393 g/mol. The SMILES string of the molecule is Cc1nnnn1/C(=C\c1ccccc1)C(=O)OCc1coc(-c2cccs2)n1. The van der Waals surface area contributed by atoms with Crippen molar-refractivity contribution < 1.29 is 13.9 Å². The van der Waals surface area contributed by atoms with Crippen molar-refractivity contribution in [3.05, 3.63) is 71.2 Å². The highest BCUT2D eigenvalue weighted by molar-refractivity contribution is 7.13. The first-order valence-corrected chi connectivity index (χ1v) is 9.26. The summed E-state index contributed by atoms with van der Waals surface area (Å²) in [6, 6.07) is 13.2. The Morgan fingerprint density at radius 1 is 1.25 bits per heavy atom. The number of rotatable bonds is 6. The van der Waals surface area contributed by atoms with Crippen LogP contribution in [0.2, 0.25) is 0 Å². The Morgan fingerprint density at radius 3 is 2.82 bits per heavy atom. The molecular weight excluding hydrogens is 378 g/mol. The van der Waals surface area contributed by atoms with Gasteiger partial charge in [0.2, 0.25) is 5.89 Å². The van der Waals surface area contributed by atoms with E-state index in [9.17, 15) is 4.79 Å². The van der Waals surface area contributed by atoms with Crippen LogP contribution in [0.3, 0.4) is 0 Å². The van der Waals surface area contributed by atoms with Gasteiger partial charge < -0.3 is 9.15 Å². The molecule has 3 heterocycles. The second-order valence-corrected chi connectivity index (χ2v) is 6.72. The molecular formula is C19H15N5O3S. The molecule has 8 nitrogen and oxygen atoms in total. The Balaban J connectivity index is 1.53. The van der Waals surface area contributed by atoms with E-state index in [1.165, 1.54) is 22.3 Å². The lowest BCUT2D eigenvalue weighted by Crippen LogP contribution is -2.15. The molecule has 0 fully saturated rings. The Labute approximate surface area is 164 Å². The van der Waals surface area contributed by atoms with E-state index in [2.05, 4.69) is 20.5 Å². The number of esters is 1. The van der Waals surface area contributed by atoms with Crippen LogP contribution in [0, 0.1) is 6.92 Å². The summed E-state index contributed by atoms with van der Waals surface area (Å²) in [7, 11) is 0. The third-order valence-corrected chi connectivity index (χ3v) is 4.66. The number of thiophene rings is 1. The molecule has 9 heteroatoms. The van der Waals surface area contributed by atoms with E-state index in [1.54, 1.807) is 13.0 Å². The molecule has 28 heavy (non-hydrogen) atoms. The van der Waals surface area contributed by atoms with Gasteiger partial charge in [-0.2, -0.15) is 4.68 Å². The molecule has 0 atom stereocenters. The zero-order valence-corrected chi connectivity index (χ0v) is 15.7. The van der Waals surface area contributed by atoms with Gasteiger partial charge in [-0.1, -0.05) is 36.4 Å². The topological polar surface area (TPSA) is 95.9 Å². The van der Waals surface area contributed by atoms with Gasteiger partial charge in [0.15, 0.2) is 11.5 Å². The van der Waals surface area contributed by atoms with E-state index in [1.807, 2.05) is 47.8 Å². The third kappa shape index (κ3) is 3.89. The minimum absolute atomic E-state index is 0.0268. The van der Waals surface area contributed by atoms with E-state index in [-0.39, 0.29) is 12.3 Å². The molecule has 0 unspecified atom stereocenters. The standard InChI is InChI=1S/C19H15N5O3S/c1-13-21-22-23-24(13)16(10-14-6-3-2-4-7-14)19(25)27-12-15-11-26-18(20-15)17-8-5-9-28-17/h2-11H,12H2,1H3/b16-10-. The lowest BCUT2D eigenvalue weighted by atomic mass is 10.2. The van der Waals surface area contributed by atoms with Gasteiger partial charge in [-0.3, -0.25) is 0 Å². The first-order valence-electron chi connectivity index (χ1n) is 8.38. The molecule has 0 N–H and O–H groups in total. The van der Waals surface area contributed by atoms with Gasteiger partial charge in [0, 0.05) is 0 Å². The maximum atomic E-state index is 12.7. The van der Waals surface area contributed by atoms with E-state index >= 15 is 0 Å². The van der Waals surface area contributed by atoms with Crippen molar-refractivity contribution >= 4 is 29.1 Å². The summed E-state index contributed by atoms with van der Waals surface area (Å²) >= 11 is 1.52. The van der Waals surface area contributed by atoms with E-state index in [4.69, 9.17) is 9.15 Å². The third-order valence-electron chi connectivity index (χ3n) is 3.80. The molecule has 0 aliphatic rings.